The third-order valence-electron chi connectivity index (χ3n) is 14.1. The lowest BCUT2D eigenvalue weighted by Gasteiger charge is -2.13. The topological polar surface area (TPSA) is 9.86 Å². The second-order valence-electron chi connectivity index (χ2n) is 18.3. The first-order valence-corrected chi connectivity index (χ1v) is 24.0. The van der Waals surface area contributed by atoms with Gasteiger partial charge in [-0.25, -0.2) is 0 Å². The third kappa shape index (κ3) is 6.96. The third-order valence-corrected chi connectivity index (χ3v) is 14.1. The Morgan fingerprint density at radius 3 is 1.35 bits per heavy atom. The predicted molar refractivity (Wildman–Crippen MR) is 290 cm³/mol. The lowest BCUT2D eigenvalue weighted by Crippen LogP contribution is -1.97. The van der Waals surface area contributed by atoms with E-state index in [9.17, 15) is 0 Å². The number of hydrogen-bond donors (Lipinski definition) is 0. The standard InChI is InChI=1S/C66H48N2/c1-3-16-45(17-4-1)48-18-11-21-51(40-48)53-23-14-24-54(43-53)52-22-12-19-49(41-52)46-34-36-47(37-35-46)50-20-13-25-55(42-50)56-26-15-29-58(44-56)68-62-32-9-7-30-59(62)60-38-39-64-65(66(60)68)61-31-8-10-33-63(61)67(64)57-27-5-2-6-28-57/h3,5,7-44H,1-2,4,6H2. The summed E-state index contributed by atoms with van der Waals surface area (Å²) in [7, 11) is 0. The van der Waals surface area contributed by atoms with E-state index in [1.165, 1.54) is 116 Å². The summed E-state index contributed by atoms with van der Waals surface area (Å²) in [5, 5.41) is 5.09. The Bertz CT molecular complexity index is 3900. The molecule has 322 valence electrons. The largest absolute Gasteiger partial charge is 0.310 e. The number of hydrogen-bond acceptors (Lipinski definition) is 0. The summed E-state index contributed by atoms with van der Waals surface area (Å²) in [5.41, 5.74) is 22.0. The zero-order valence-electron chi connectivity index (χ0n) is 37.8. The second-order valence-corrected chi connectivity index (χ2v) is 18.3. The van der Waals surface area contributed by atoms with Gasteiger partial charge in [0.25, 0.3) is 0 Å². The number of fused-ring (bicyclic) bond motifs is 7. The van der Waals surface area contributed by atoms with Gasteiger partial charge in [0, 0.05) is 32.9 Å². The van der Waals surface area contributed by atoms with E-state index < -0.39 is 0 Å². The van der Waals surface area contributed by atoms with Gasteiger partial charge in [0.1, 0.15) is 0 Å². The molecule has 0 unspecified atom stereocenters. The molecule has 2 aromatic heterocycles. The van der Waals surface area contributed by atoms with E-state index >= 15 is 0 Å². The lowest BCUT2D eigenvalue weighted by molar-refractivity contribution is 1.02. The maximum Gasteiger partial charge on any atom is 0.0641 e. The van der Waals surface area contributed by atoms with E-state index in [0.29, 0.717) is 0 Å². The van der Waals surface area contributed by atoms with Crippen LogP contribution in [0.3, 0.4) is 0 Å². The second kappa shape index (κ2) is 16.8. The fraction of sp³-hybridized carbons (Fsp3) is 0.0606. The summed E-state index contributed by atoms with van der Waals surface area (Å²) in [5.74, 6) is 0. The first kappa shape index (κ1) is 39.9. The van der Waals surface area contributed by atoms with E-state index in [1.54, 1.807) is 0 Å². The van der Waals surface area contributed by atoms with Gasteiger partial charge < -0.3 is 9.13 Å². The van der Waals surface area contributed by atoms with Crippen molar-refractivity contribution in [2.75, 3.05) is 0 Å². The SMILES string of the molecule is C1=CC(c2cccc(-c3cccc(-c4cccc(-c5ccc(-c6cccc(-c7cccc(-n8c9ccccc9c9ccc%10c(c%11ccccc%11n%10C%10=CCCC=C%10)c98)c7)c6)cc5)c4)c3)c2)=CCC1. The van der Waals surface area contributed by atoms with Crippen LogP contribution in [-0.4, -0.2) is 9.13 Å². The molecule has 13 rings (SSSR count). The van der Waals surface area contributed by atoms with Crippen LogP contribution in [0, 0.1) is 0 Å². The zero-order valence-corrected chi connectivity index (χ0v) is 37.8. The smallest absolute Gasteiger partial charge is 0.0641 e. The highest BCUT2D eigenvalue weighted by molar-refractivity contribution is 6.26. The molecule has 0 aliphatic heterocycles. The van der Waals surface area contributed by atoms with Crippen molar-refractivity contribution in [1.82, 2.24) is 9.13 Å². The first-order valence-electron chi connectivity index (χ1n) is 24.0. The quantitative estimate of drug-likeness (QED) is 0.144. The summed E-state index contributed by atoms with van der Waals surface area (Å²) in [4.78, 5) is 0. The van der Waals surface area contributed by atoms with Gasteiger partial charge in [0.2, 0.25) is 0 Å². The molecule has 0 spiro atoms. The molecule has 2 heterocycles. The molecule has 0 radical (unpaired) electrons. The number of aromatic nitrogens is 2. The molecule has 0 saturated heterocycles. The van der Waals surface area contributed by atoms with Crippen LogP contribution in [-0.2, 0) is 0 Å². The number of nitrogens with zero attached hydrogens (tertiary/aromatic N) is 2. The Morgan fingerprint density at radius 1 is 0.294 bits per heavy atom. The van der Waals surface area contributed by atoms with Crippen molar-refractivity contribution in [3.63, 3.8) is 0 Å². The summed E-state index contributed by atoms with van der Waals surface area (Å²) in [6.07, 6.45) is 18.2. The van der Waals surface area contributed by atoms with Crippen molar-refractivity contribution in [2.24, 2.45) is 0 Å². The molecule has 0 N–H and O–H groups in total. The lowest BCUT2D eigenvalue weighted by atomic mass is 9.93. The average molecular weight is 869 g/mol. The Morgan fingerprint density at radius 2 is 0.779 bits per heavy atom. The molecule has 0 atom stereocenters. The highest BCUT2D eigenvalue weighted by Gasteiger charge is 2.21. The minimum absolute atomic E-state index is 1.06. The van der Waals surface area contributed by atoms with E-state index in [2.05, 4.69) is 252 Å². The van der Waals surface area contributed by atoms with Crippen LogP contribution in [0.2, 0.25) is 0 Å². The molecular formula is C66H48N2. The molecule has 0 fully saturated rings. The van der Waals surface area contributed by atoms with Crippen molar-refractivity contribution in [1.29, 1.82) is 0 Å². The predicted octanol–water partition coefficient (Wildman–Crippen LogP) is 18.2. The van der Waals surface area contributed by atoms with Crippen molar-refractivity contribution in [3.8, 4) is 61.3 Å². The van der Waals surface area contributed by atoms with Gasteiger partial charge in [0.15, 0.2) is 0 Å². The Hall–Kier alpha value is -8.46. The molecule has 2 nitrogen and oxygen atoms in total. The van der Waals surface area contributed by atoms with Crippen molar-refractivity contribution in [3.05, 3.63) is 248 Å². The Balaban J connectivity index is 0.825. The summed E-state index contributed by atoms with van der Waals surface area (Å²) in [6, 6.07) is 76.4. The van der Waals surface area contributed by atoms with E-state index in [1.807, 2.05) is 0 Å². The maximum atomic E-state index is 2.50. The molecule has 68 heavy (non-hydrogen) atoms. The maximum absolute atomic E-state index is 2.50. The first-order chi connectivity index (χ1) is 33.7. The summed E-state index contributed by atoms with van der Waals surface area (Å²) in [6.45, 7) is 0. The van der Waals surface area contributed by atoms with Crippen LogP contribution in [0.25, 0.3) is 116 Å². The van der Waals surface area contributed by atoms with Gasteiger partial charge in [-0.2, -0.15) is 0 Å². The van der Waals surface area contributed by atoms with Crippen LogP contribution < -0.4 is 0 Å². The summed E-state index contributed by atoms with van der Waals surface area (Å²) >= 11 is 0. The fourth-order valence-corrected chi connectivity index (χ4v) is 10.8. The van der Waals surface area contributed by atoms with E-state index in [-0.39, 0.29) is 0 Å². The van der Waals surface area contributed by atoms with Gasteiger partial charge in [-0.1, -0.05) is 182 Å². The minimum Gasteiger partial charge on any atom is -0.310 e. The molecule has 2 aliphatic rings. The molecule has 2 aliphatic carbocycles. The van der Waals surface area contributed by atoms with Crippen molar-refractivity contribution < 1.29 is 0 Å². The highest BCUT2D eigenvalue weighted by atomic mass is 15.0. The molecule has 0 saturated carbocycles. The van der Waals surface area contributed by atoms with Gasteiger partial charge in [0.05, 0.1) is 22.1 Å². The van der Waals surface area contributed by atoms with Gasteiger partial charge in [-0.3, -0.25) is 0 Å². The molecule has 0 bridgehead atoms. The molecule has 2 heteroatoms. The van der Waals surface area contributed by atoms with Crippen molar-refractivity contribution in [2.45, 2.75) is 25.7 Å². The zero-order chi connectivity index (χ0) is 45.0. The highest BCUT2D eigenvalue weighted by Crippen LogP contribution is 2.43. The van der Waals surface area contributed by atoms with Crippen molar-refractivity contribution >= 4 is 54.9 Å². The minimum atomic E-state index is 1.06. The van der Waals surface area contributed by atoms with E-state index in [0.717, 1.165) is 31.4 Å². The normalized spacial score (nSPS) is 13.7. The molecule has 0 amide bonds. The van der Waals surface area contributed by atoms with Crippen LogP contribution in [0.15, 0.2) is 243 Å². The van der Waals surface area contributed by atoms with Gasteiger partial charge >= 0.3 is 0 Å². The molecular weight excluding hydrogens is 821 g/mol. The number of benzene rings is 9. The average Bonchev–Trinajstić information content (AvgIpc) is 3.95. The monoisotopic (exact) mass is 868 g/mol. The van der Waals surface area contributed by atoms with Crippen LogP contribution in [0.1, 0.15) is 31.2 Å². The van der Waals surface area contributed by atoms with Crippen LogP contribution in [0.5, 0.6) is 0 Å². The fourth-order valence-electron chi connectivity index (χ4n) is 10.8. The summed E-state index contributed by atoms with van der Waals surface area (Å²) < 4.78 is 4.96. The molecule has 9 aromatic carbocycles. The Labute approximate surface area is 397 Å². The van der Waals surface area contributed by atoms with Crippen LogP contribution >= 0.6 is 0 Å². The number of rotatable bonds is 8. The Kier molecular flexibility index (Phi) is 9.83. The molecule has 11 aromatic rings. The van der Waals surface area contributed by atoms with Crippen LogP contribution in [0.4, 0.5) is 0 Å². The van der Waals surface area contributed by atoms with Gasteiger partial charge in [-0.05, 0) is 153 Å². The van der Waals surface area contributed by atoms with E-state index in [4.69, 9.17) is 0 Å². The number of allylic oxidation sites excluding steroid dienone is 8. The van der Waals surface area contributed by atoms with Gasteiger partial charge in [-0.15, -0.1) is 0 Å². The number of para-hydroxylation sites is 2.